The SMILES string of the molecule is CCCCn1c(O)c(N=NC(=O)COc2cc(Cl)ccc2Cl)c2ccccc21. The first-order valence-electron chi connectivity index (χ1n) is 8.84. The number of ether oxygens (including phenoxy) is 1. The van der Waals surface area contributed by atoms with E-state index >= 15 is 0 Å². The van der Waals surface area contributed by atoms with Gasteiger partial charge in [0.05, 0.1) is 10.5 Å². The zero-order chi connectivity index (χ0) is 20.1. The number of halogens is 2. The molecule has 1 amide bonds. The lowest BCUT2D eigenvalue weighted by Gasteiger charge is -2.05. The van der Waals surface area contributed by atoms with Gasteiger partial charge in [0.25, 0.3) is 0 Å². The van der Waals surface area contributed by atoms with E-state index in [-0.39, 0.29) is 23.9 Å². The summed E-state index contributed by atoms with van der Waals surface area (Å²) < 4.78 is 7.13. The van der Waals surface area contributed by atoms with Crippen molar-refractivity contribution in [2.24, 2.45) is 10.2 Å². The van der Waals surface area contributed by atoms with E-state index in [1.807, 2.05) is 24.3 Å². The van der Waals surface area contributed by atoms with E-state index in [0.717, 1.165) is 23.7 Å². The predicted molar refractivity (Wildman–Crippen MR) is 110 cm³/mol. The molecule has 3 rings (SSSR count). The summed E-state index contributed by atoms with van der Waals surface area (Å²) in [5.74, 6) is -0.331. The monoisotopic (exact) mass is 419 g/mol. The first-order valence-corrected chi connectivity index (χ1v) is 9.59. The third-order valence-electron chi connectivity index (χ3n) is 4.16. The molecule has 0 spiro atoms. The molecule has 0 saturated heterocycles. The van der Waals surface area contributed by atoms with Gasteiger partial charge in [-0.1, -0.05) is 54.7 Å². The van der Waals surface area contributed by atoms with Crippen molar-refractivity contribution in [3.8, 4) is 11.6 Å². The normalized spacial score (nSPS) is 11.4. The number of nitrogens with zero attached hydrogens (tertiary/aromatic N) is 3. The van der Waals surface area contributed by atoms with E-state index in [1.165, 1.54) is 6.07 Å². The van der Waals surface area contributed by atoms with Crippen molar-refractivity contribution < 1.29 is 14.6 Å². The smallest absolute Gasteiger partial charge is 0.302 e. The summed E-state index contributed by atoms with van der Waals surface area (Å²) in [5.41, 5.74) is 1.11. The summed E-state index contributed by atoms with van der Waals surface area (Å²) in [5, 5.41) is 19.7. The molecule has 0 aliphatic heterocycles. The molecule has 1 aromatic heterocycles. The minimum absolute atomic E-state index is 0.00926. The molecule has 3 aromatic rings. The van der Waals surface area contributed by atoms with Crippen LogP contribution in [0.2, 0.25) is 10.0 Å². The fraction of sp³-hybridized carbons (Fsp3) is 0.250. The van der Waals surface area contributed by atoms with Gasteiger partial charge in [0.15, 0.2) is 12.3 Å². The number of azo groups is 1. The quantitative estimate of drug-likeness (QED) is 0.466. The lowest BCUT2D eigenvalue weighted by atomic mass is 10.2. The van der Waals surface area contributed by atoms with Crippen LogP contribution in [0.1, 0.15) is 19.8 Å². The summed E-state index contributed by atoms with van der Waals surface area (Å²) >= 11 is 11.9. The molecule has 0 bridgehead atoms. The summed E-state index contributed by atoms with van der Waals surface area (Å²) in [4.78, 5) is 12.1. The topological polar surface area (TPSA) is 76.2 Å². The highest BCUT2D eigenvalue weighted by atomic mass is 35.5. The van der Waals surface area contributed by atoms with Crippen LogP contribution in [0.15, 0.2) is 52.7 Å². The molecule has 0 saturated carbocycles. The lowest BCUT2D eigenvalue weighted by molar-refractivity contribution is -0.120. The van der Waals surface area contributed by atoms with Gasteiger partial charge in [-0.3, -0.25) is 4.79 Å². The first-order chi connectivity index (χ1) is 13.5. The average molecular weight is 420 g/mol. The minimum Gasteiger partial charge on any atom is -0.493 e. The summed E-state index contributed by atoms with van der Waals surface area (Å²) in [7, 11) is 0. The van der Waals surface area contributed by atoms with Crippen molar-refractivity contribution in [3.05, 3.63) is 52.5 Å². The number of aromatic nitrogens is 1. The van der Waals surface area contributed by atoms with Crippen LogP contribution in [0.4, 0.5) is 5.69 Å². The standard InChI is InChI=1S/C20H19Cl2N3O3/c1-2-3-10-25-16-7-5-4-6-14(16)19(20(25)27)24-23-18(26)12-28-17-11-13(21)8-9-15(17)22/h4-9,11,27H,2-3,10,12H2,1H3. The maximum Gasteiger partial charge on any atom is 0.302 e. The van der Waals surface area contributed by atoms with E-state index in [1.54, 1.807) is 16.7 Å². The fourth-order valence-corrected chi connectivity index (χ4v) is 3.11. The maximum absolute atomic E-state index is 12.1. The average Bonchev–Trinajstić information content (AvgIpc) is 2.96. The van der Waals surface area contributed by atoms with Gasteiger partial charge < -0.3 is 14.4 Å². The van der Waals surface area contributed by atoms with Crippen molar-refractivity contribution in [2.45, 2.75) is 26.3 Å². The summed E-state index contributed by atoms with van der Waals surface area (Å²) in [6.07, 6.45) is 1.90. The zero-order valence-corrected chi connectivity index (χ0v) is 16.7. The number of carbonyl (C=O) groups excluding carboxylic acids is 1. The molecular weight excluding hydrogens is 401 g/mol. The molecule has 0 unspecified atom stereocenters. The van der Waals surface area contributed by atoms with Gasteiger partial charge in [-0.15, -0.1) is 10.2 Å². The Kier molecular flexibility index (Phi) is 6.54. The molecule has 28 heavy (non-hydrogen) atoms. The third kappa shape index (κ3) is 4.46. The Morgan fingerprint density at radius 1 is 1.21 bits per heavy atom. The number of amides is 1. The van der Waals surface area contributed by atoms with Crippen LogP contribution in [0.5, 0.6) is 11.6 Å². The summed E-state index contributed by atoms with van der Waals surface area (Å²) in [6.45, 7) is 2.38. The van der Waals surface area contributed by atoms with Crippen molar-refractivity contribution >= 4 is 45.7 Å². The van der Waals surface area contributed by atoms with Gasteiger partial charge >= 0.3 is 5.91 Å². The van der Waals surface area contributed by atoms with Gasteiger partial charge in [0.2, 0.25) is 5.88 Å². The molecule has 0 fully saturated rings. The van der Waals surface area contributed by atoms with E-state index in [2.05, 4.69) is 17.2 Å². The number of aromatic hydroxyl groups is 1. The Balaban J connectivity index is 1.78. The number of aryl methyl sites for hydroxylation is 1. The highest BCUT2D eigenvalue weighted by molar-refractivity contribution is 6.34. The Labute approximate surface area is 172 Å². The molecule has 0 aliphatic carbocycles. The highest BCUT2D eigenvalue weighted by Gasteiger charge is 2.16. The van der Waals surface area contributed by atoms with Gasteiger partial charge in [-0.25, -0.2) is 0 Å². The van der Waals surface area contributed by atoms with Gasteiger partial charge in [-0.05, 0) is 24.6 Å². The van der Waals surface area contributed by atoms with Crippen LogP contribution in [-0.2, 0) is 11.3 Å². The van der Waals surface area contributed by atoms with Crippen LogP contribution in [0.3, 0.4) is 0 Å². The van der Waals surface area contributed by atoms with Gasteiger partial charge in [0.1, 0.15) is 5.75 Å². The molecule has 2 aromatic carbocycles. The van der Waals surface area contributed by atoms with Crippen LogP contribution in [-0.4, -0.2) is 22.2 Å². The Morgan fingerprint density at radius 2 is 2.00 bits per heavy atom. The molecule has 0 aliphatic rings. The van der Waals surface area contributed by atoms with E-state index in [4.69, 9.17) is 27.9 Å². The molecule has 1 N–H and O–H groups in total. The Bertz CT molecular complexity index is 1030. The molecule has 0 radical (unpaired) electrons. The molecular formula is C20H19Cl2N3O3. The van der Waals surface area contributed by atoms with Crippen molar-refractivity contribution in [1.82, 2.24) is 4.57 Å². The van der Waals surface area contributed by atoms with Crippen LogP contribution in [0, 0.1) is 0 Å². The van der Waals surface area contributed by atoms with Gasteiger partial charge in [0, 0.05) is 23.0 Å². The first kappa shape index (κ1) is 20.2. The predicted octanol–water partition coefficient (Wildman–Crippen LogP) is 6.14. The number of carbonyl (C=O) groups is 1. The van der Waals surface area contributed by atoms with Gasteiger partial charge in [-0.2, -0.15) is 0 Å². The largest absolute Gasteiger partial charge is 0.493 e. The number of fused-ring (bicyclic) bond motifs is 1. The van der Waals surface area contributed by atoms with Crippen molar-refractivity contribution in [2.75, 3.05) is 6.61 Å². The second-order valence-corrected chi connectivity index (χ2v) is 7.00. The molecule has 146 valence electrons. The number of benzene rings is 2. The molecule has 0 atom stereocenters. The third-order valence-corrected chi connectivity index (χ3v) is 4.71. The Morgan fingerprint density at radius 3 is 2.79 bits per heavy atom. The summed E-state index contributed by atoms with van der Waals surface area (Å²) in [6, 6.07) is 12.2. The zero-order valence-electron chi connectivity index (χ0n) is 15.2. The highest BCUT2D eigenvalue weighted by Crippen LogP contribution is 2.39. The van der Waals surface area contributed by atoms with Crippen LogP contribution in [0.25, 0.3) is 10.9 Å². The van der Waals surface area contributed by atoms with Crippen LogP contribution < -0.4 is 4.74 Å². The van der Waals surface area contributed by atoms with E-state index in [9.17, 15) is 9.90 Å². The van der Waals surface area contributed by atoms with E-state index in [0.29, 0.717) is 16.6 Å². The minimum atomic E-state index is -0.610. The maximum atomic E-state index is 12.1. The van der Waals surface area contributed by atoms with E-state index < -0.39 is 5.91 Å². The second-order valence-electron chi connectivity index (χ2n) is 6.15. The second kappa shape index (κ2) is 9.08. The Hall–Kier alpha value is -2.57. The van der Waals surface area contributed by atoms with Crippen molar-refractivity contribution in [1.29, 1.82) is 0 Å². The number of hydrogen-bond donors (Lipinski definition) is 1. The molecule has 1 heterocycles. The fourth-order valence-electron chi connectivity index (χ4n) is 2.77. The molecule has 8 heteroatoms. The molecule has 6 nitrogen and oxygen atoms in total. The lowest BCUT2D eigenvalue weighted by Crippen LogP contribution is -2.08. The van der Waals surface area contributed by atoms with Crippen molar-refractivity contribution in [3.63, 3.8) is 0 Å². The number of rotatable bonds is 7. The number of unbranched alkanes of at least 4 members (excludes halogenated alkanes) is 1. The number of para-hydroxylation sites is 1. The number of hydrogen-bond acceptors (Lipinski definition) is 4. The van der Waals surface area contributed by atoms with Crippen LogP contribution >= 0.6 is 23.2 Å².